The Morgan fingerprint density at radius 2 is 1.69 bits per heavy atom. The topological polar surface area (TPSA) is 65.0 Å². The van der Waals surface area contributed by atoms with Crippen LogP contribution in [-0.2, 0) is 4.79 Å². The molecule has 1 unspecified atom stereocenters. The number of carboxylic acid groups (broad SMARTS) is 1. The zero-order valence-corrected chi connectivity index (χ0v) is 18.2. The fraction of sp³-hybridized carbons (Fsp3) is 0.375. The molecule has 0 aliphatic heterocycles. The summed E-state index contributed by atoms with van der Waals surface area (Å²) in [7, 11) is 0. The maximum absolute atomic E-state index is 12.2. The van der Waals surface area contributed by atoms with Crippen LogP contribution in [0.4, 0.5) is 13.2 Å². The minimum absolute atomic E-state index is 0.131. The van der Waals surface area contributed by atoms with Crippen molar-refractivity contribution < 1.29 is 37.3 Å². The molecule has 2 rings (SSSR count). The number of hydrogen-bond donors (Lipinski definition) is 1. The van der Waals surface area contributed by atoms with Gasteiger partial charge in [-0.25, -0.2) is 4.79 Å². The van der Waals surface area contributed by atoms with E-state index in [1.807, 2.05) is 6.92 Å². The molecule has 0 saturated heterocycles. The van der Waals surface area contributed by atoms with Gasteiger partial charge in [-0.15, -0.1) is 13.2 Å². The molecule has 1 N–H and O–H groups in total. The van der Waals surface area contributed by atoms with Gasteiger partial charge in [0.2, 0.25) is 0 Å². The van der Waals surface area contributed by atoms with E-state index >= 15 is 0 Å². The monoisotopic (exact) mass is 450 g/mol. The summed E-state index contributed by atoms with van der Waals surface area (Å²) in [5.74, 6) is 5.62. The summed E-state index contributed by atoms with van der Waals surface area (Å²) in [5.41, 5.74) is -0.00419. The number of aryl methyl sites for hydroxylation is 1. The molecule has 2 aromatic carbocycles. The van der Waals surface area contributed by atoms with Crippen LogP contribution in [0.1, 0.15) is 44.7 Å². The molecule has 2 aromatic rings. The number of rotatable bonds is 8. The average Bonchev–Trinajstić information content (AvgIpc) is 2.67. The van der Waals surface area contributed by atoms with Crippen LogP contribution in [0.25, 0.3) is 0 Å². The predicted molar refractivity (Wildman–Crippen MR) is 113 cm³/mol. The van der Waals surface area contributed by atoms with Crippen molar-refractivity contribution in [1.82, 2.24) is 0 Å². The summed E-state index contributed by atoms with van der Waals surface area (Å²) in [5, 5.41) is 9.19. The molecule has 0 amide bonds. The zero-order chi connectivity index (χ0) is 23.9. The van der Waals surface area contributed by atoms with E-state index in [2.05, 4.69) is 16.6 Å². The van der Waals surface area contributed by atoms with Crippen LogP contribution in [0.2, 0.25) is 0 Å². The second-order valence-electron chi connectivity index (χ2n) is 7.69. The Bertz CT molecular complexity index is 985. The van der Waals surface area contributed by atoms with Crippen LogP contribution in [0.15, 0.2) is 42.5 Å². The van der Waals surface area contributed by atoms with Gasteiger partial charge in [0.1, 0.15) is 17.2 Å². The summed E-state index contributed by atoms with van der Waals surface area (Å²) in [6.45, 7) is 6.67. The lowest BCUT2D eigenvalue weighted by Gasteiger charge is -2.23. The highest BCUT2D eigenvalue weighted by atomic mass is 19.4. The molecule has 0 radical (unpaired) electrons. The number of halogens is 3. The minimum atomic E-state index is -4.72. The van der Waals surface area contributed by atoms with Gasteiger partial charge >= 0.3 is 12.3 Å². The van der Waals surface area contributed by atoms with Crippen molar-refractivity contribution in [3.05, 3.63) is 53.6 Å². The summed E-state index contributed by atoms with van der Waals surface area (Å²) >= 11 is 0. The fourth-order valence-corrected chi connectivity index (χ4v) is 2.60. The first kappa shape index (κ1) is 24.9. The Kier molecular flexibility index (Phi) is 8.03. The first-order valence-corrected chi connectivity index (χ1v) is 9.90. The number of benzene rings is 2. The fourth-order valence-electron chi connectivity index (χ4n) is 2.60. The third kappa shape index (κ3) is 8.06. The van der Waals surface area contributed by atoms with E-state index < -0.39 is 17.9 Å². The first-order chi connectivity index (χ1) is 14.9. The Morgan fingerprint density at radius 3 is 2.25 bits per heavy atom. The van der Waals surface area contributed by atoms with E-state index in [1.54, 1.807) is 25.1 Å². The molecule has 0 aliphatic rings. The van der Waals surface area contributed by atoms with E-state index in [0.29, 0.717) is 29.9 Å². The average molecular weight is 450 g/mol. The van der Waals surface area contributed by atoms with Crippen molar-refractivity contribution in [2.45, 2.75) is 58.6 Å². The van der Waals surface area contributed by atoms with Gasteiger partial charge in [-0.1, -0.05) is 11.8 Å². The lowest BCUT2D eigenvalue weighted by atomic mass is 10.1. The molecule has 5 nitrogen and oxygen atoms in total. The molecule has 32 heavy (non-hydrogen) atoms. The van der Waals surface area contributed by atoms with Gasteiger partial charge in [0.05, 0.1) is 6.10 Å². The van der Waals surface area contributed by atoms with E-state index in [-0.39, 0.29) is 11.9 Å². The molecule has 0 heterocycles. The van der Waals surface area contributed by atoms with Gasteiger partial charge in [0.25, 0.3) is 0 Å². The molecule has 8 heteroatoms. The van der Waals surface area contributed by atoms with Crippen molar-refractivity contribution in [3.63, 3.8) is 0 Å². The molecule has 0 aliphatic carbocycles. The van der Waals surface area contributed by atoms with Crippen LogP contribution in [0, 0.1) is 18.8 Å². The lowest BCUT2D eigenvalue weighted by molar-refractivity contribution is -0.274. The molecule has 1 atom stereocenters. The third-order valence-corrected chi connectivity index (χ3v) is 4.36. The Labute approximate surface area is 185 Å². The van der Waals surface area contributed by atoms with Crippen molar-refractivity contribution >= 4 is 5.97 Å². The zero-order valence-electron chi connectivity index (χ0n) is 18.2. The highest BCUT2D eigenvalue weighted by Gasteiger charge is 2.31. The minimum Gasteiger partial charge on any atom is -0.491 e. The van der Waals surface area contributed by atoms with Crippen molar-refractivity contribution in [3.8, 4) is 29.1 Å². The van der Waals surface area contributed by atoms with Crippen molar-refractivity contribution in [2.24, 2.45) is 0 Å². The maximum Gasteiger partial charge on any atom is 0.573 e. The smallest absolute Gasteiger partial charge is 0.491 e. The second kappa shape index (κ2) is 10.3. The number of aliphatic carboxylic acids is 1. The number of hydrogen-bond acceptors (Lipinski definition) is 4. The molecular weight excluding hydrogens is 425 g/mol. The van der Waals surface area contributed by atoms with Crippen molar-refractivity contribution in [2.75, 3.05) is 0 Å². The summed E-state index contributed by atoms with van der Waals surface area (Å²) in [6.07, 6.45) is -3.67. The molecule has 172 valence electrons. The standard InChI is InChI=1S/C24H25F3O5/c1-16-15-20(13-14-21(16)32-23(3,4)22(28)29)30-17(2)7-5-6-8-18-9-11-19(12-10-18)31-24(25,26)27/h9-15,17H,5,7H2,1-4H3,(H,28,29). The SMILES string of the molecule is Cc1cc(OC(C)CCC#Cc2ccc(OC(F)(F)F)cc2)ccc1OC(C)(C)C(=O)O. The Hall–Kier alpha value is -3.34. The number of alkyl halides is 3. The highest BCUT2D eigenvalue weighted by Crippen LogP contribution is 2.28. The molecule has 0 bridgehead atoms. The van der Waals surface area contributed by atoms with Gasteiger partial charge in [-0.3, -0.25) is 0 Å². The second-order valence-corrected chi connectivity index (χ2v) is 7.69. The normalized spacial score (nSPS) is 12.3. The molecule has 0 fully saturated rings. The largest absolute Gasteiger partial charge is 0.573 e. The van der Waals surface area contributed by atoms with Crippen LogP contribution in [-0.4, -0.2) is 29.1 Å². The number of carboxylic acids is 1. The first-order valence-electron chi connectivity index (χ1n) is 9.90. The molecule has 0 saturated carbocycles. The van der Waals surface area contributed by atoms with Gasteiger partial charge in [-0.2, -0.15) is 0 Å². The van der Waals surface area contributed by atoms with Gasteiger partial charge in [0.15, 0.2) is 5.60 Å². The Balaban J connectivity index is 1.85. The van der Waals surface area contributed by atoms with Crippen LogP contribution in [0.3, 0.4) is 0 Å². The van der Waals surface area contributed by atoms with Gasteiger partial charge in [-0.05, 0) is 82.1 Å². The lowest BCUT2D eigenvalue weighted by Crippen LogP contribution is -2.38. The van der Waals surface area contributed by atoms with Gasteiger partial charge in [0, 0.05) is 12.0 Å². The predicted octanol–water partition coefficient (Wildman–Crippen LogP) is 5.73. The summed E-state index contributed by atoms with van der Waals surface area (Å²) in [6, 6.07) is 10.5. The third-order valence-electron chi connectivity index (χ3n) is 4.36. The molecule has 0 aromatic heterocycles. The van der Waals surface area contributed by atoms with E-state index in [4.69, 9.17) is 9.47 Å². The Morgan fingerprint density at radius 1 is 1.06 bits per heavy atom. The van der Waals surface area contributed by atoms with Crippen LogP contribution in [0.5, 0.6) is 17.2 Å². The van der Waals surface area contributed by atoms with Gasteiger partial charge < -0.3 is 19.3 Å². The van der Waals surface area contributed by atoms with E-state index in [1.165, 1.54) is 38.1 Å². The van der Waals surface area contributed by atoms with Crippen LogP contribution < -0.4 is 14.2 Å². The van der Waals surface area contributed by atoms with E-state index in [9.17, 15) is 23.1 Å². The number of carbonyl (C=O) groups is 1. The van der Waals surface area contributed by atoms with Crippen molar-refractivity contribution in [1.29, 1.82) is 0 Å². The highest BCUT2D eigenvalue weighted by molar-refractivity contribution is 5.76. The number of ether oxygens (including phenoxy) is 3. The van der Waals surface area contributed by atoms with Crippen LogP contribution >= 0.6 is 0 Å². The molecular formula is C24H25F3O5. The maximum atomic E-state index is 12.2. The summed E-state index contributed by atoms with van der Waals surface area (Å²) in [4.78, 5) is 11.2. The quantitative estimate of drug-likeness (QED) is 0.520. The van der Waals surface area contributed by atoms with E-state index in [0.717, 1.165) is 5.56 Å². The molecule has 0 spiro atoms. The summed E-state index contributed by atoms with van der Waals surface area (Å²) < 4.78 is 51.8.